The van der Waals surface area contributed by atoms with Crippen LogP contribution in [0.2, 0.25) is 0 Å². The molecule has 1 aliphatic rings. The molecule has 0 unspecified atom stereocenters. The first kappa shape index (κ1) is 18.9. The number of hydrogen-bond acceptors (Lipinski definition) is 3. The van der Waals surface area contributed by atoms with E-state index < -0.39 is 0 Å². The number of likely N-dealkylation sites (tertiary alicyclic amines) is 1. The number of hydrogen-bond donors (Lipinski definition) is 1. The van der Waals surface area contributed by atoms with Crippen LogP contribution in [0.5, 0.6) is 0 Å². The highest BCUT2D eigenvalue weighted by atomic mass is 32.1. The van der Waals surface area contributed by atoms with E-state index in [4.69, 9.17) is 16.6 Å². The number of rotatable bonds is 6. The van der Waals surface area contributed by atoms with E-state index in [2.05, 4.69) is 40.2 Å². The average Bonchev–Trinajstić information content (AvgIpc) is 3.00. The van der Waals surface area contributed by atoms with Gasteiger partial charge in [0.15, 0.2) is 5.11 Å². The fraction of sp³-hybridized carbons (Fsp3) is 0.476. The number of thiocarbonyl (C=S) groups is 1. The molecule has 1 fully saturated rings. The van der Waals surface area contributed by atoms with Crippen molar-refractivity contribution in [2.75, 3.05) is 31.5 Å². The van der Waals surface area contributed by atoms with Crippen LogP contribution in [0.15, 0.2) is 47.1 Å². The summed E-state index contributed by atoms with van der Waals surface area (Å²) in [5, 5.41) is 4.14. The highest BCUT2D eigenvalue weighted by molar-refractivity contribution is 7.80. The van der Waals surface area contributed by atoms with Gasteiger partial charge in [0.05, 0.1) is 12.8 Å². The van der Waals surface area contributed by atoms with Crippen molar-refractivity contribution in [3.63, 3.8) is 0 Å². The second-order valence-electron chi connectivity index (χ2n) is 7.06. The van der Waals surface area contributed by atoms with Gasteiger partial charge in [-0.2, -0.15) is 0 Å². The fourth-order valence-electron chi connectivity index (χ4n) is 3.39. The summed E-state index contributed by atoms with van der Waals surface area (Å²) >= 11 is 5.72. The molecule has 2 aromatic rings. The minimum Gasteiger partial charge on any atom is -0.467 e. The molecule has 0 aliphatic carbocycles. The van der Waals surface area contributed by atoms with Gasteiger partial charge in [-0.3, -0.25) is 0 Å². The summed E-state index contributed by atoms with van der Waals surface area (Å²) < 4.78 is 5.55. The molecule has 5 heteroatoms. The zero-order valence-corrected chi connectivity index (χ0v) is 16.4. The van der Waals surface area contributed by atoms with Crippen molar-refractivity contribution in [3.05, 3.63) is 54.0 Å². The molecule has 2 heterocycles. The van der Waals surface area contributed by atoms with E-state index in [1.807, 2.05) is 18.2 Å². The lowest BCUT2D eigenvalue weighted by Gasteiger charge is -2.28. The van der Waals surface area contributed by atoms with Crippen LogP contribution in [0.25, 0.3) is 0 Å². The van der Waals surface area contributed by atoms with Gasteiger partial charge in [-0.1, -0.05) is 25.0 Å². The molecule has 0 amide bonds. The highest BCUT2D eigenvalue weighted by Gasteiger charge is 2.15. The van der Waals surface area contributed by atoms with Gasteiger partial charge in [-0.25, -0.2) is 0 Å². The van der Waals surface area contributed by atoms with Gasteiger partial charge < -0.3 is 19.5 Å². The Morgan fingerprint density at radius 1 is 1.15 bits per heavy atom. The number of nitrogens with zero attached hydrogens (tertiary/aromatic N) is 2. The molecule has 26 heavy (non-hydrogen) atoms. The van der Waals surface area contributed by atoms with Gasteiger partial charge in [-0.15, -0.1) is 0 Å². The zero-order chi connectivity index (χ0) is 18.2. The third-order valence-corrected chi connectivity index (χ3v) is 5.23. The molecule has 140 valence electrons. The Morgan fingerprint density at radius 2 is 1.96 bits per heavy atom. The van der Waals surface area contributed by atoms with Crippen molar-refractivity contribution in [3.8, 4) is 0 Å². The maximum Gasteiger partial charge on any atom is 0.173 e. The lowest BCUT2D eigenvalue weighted by molar-refractivity contribution is 0.247. The van der Waals surface area contributed by atoms with Gasteiger partial charge in [0, 0.05) is 18.8 Å². The van der Waals surface area contributed by atoms with E-state index >= 15 is 0 Å². The maximum atomic E-state index is 5.72. The lowest BCUT2D eigenvalue weighted by Crippen LogP contribution is -2.40. The van der Waals surface area contributed by atoms with Crippen molar-refractivity contribution in [2.24, 2.45) is 0 Å². The molecule has 0 bridgehead atoms. The van der Waals surface area contributed by atoms with E-state index in [0.717, 1.165) is 29.6 Å². The molecular formula is C21H29N3OS. The molecule has 1 aromatic heterocycles. The molecule has 0 spiro atoms. The number of furan rings is 1. The Balaban J connectivity index is 1.62. The Labute approximate surface area is 162 Å². The number of aryl methyl sites for hydroxylation is 1. The predicted molar refractivity (Wildman–Crippen MR) is 111 cm³/mol. The van der Waals surface area contributed by atoms with Crippen LogP contribution in [0.1, 0.15) is 37.0 Å². The number of nitrogens with one attached hydrogen (secondary N) is 1. The van der Waals surface area contributed by atoms with Gasteiger partial charge in [-0.05, 0) is 74.9 Å². The minimum atomic E-state index is 0.693. The number of anilines is 1. The largest absolute Gasteiger partial charge is 0.467 e. The van der Waals surface area contributed by atoms with Crippen LogP contribution in [-0.2, 0) is 6.54 Å². The molecule has 3 rings (SSSR count). The van der Waals surface area contributed by atoms with Crippen molar-refractivity contribution in [1.82, 2.24) is 9.80 Å². The summed E-state index contributed by atoms with van der Waals surface area (Å²) in [5.41, 5.74) is 2.26. The van der Waals surface area contributed by atoms with Gasteiger partial charge in [0.1, 0.15) is 5.76 Å². The predicted octanol–water partition coefficient (Wildman–Crippen LogP) is 4.66. The Bertz CT molecular complexity index is 678. The summed E-state index contributed by atoms with van der Waals surface area (Å²) in [7, 11) is 0. The van der Waals surface area contributed by atoms with E-state index in [0.29, 0.717) is 6.54 Å². The quantitative estimate of drug-likeness (QED) is 0.746. The summed E-state index contributed by atoms with van der Waals surface area (Å²) in [4.78, 5) is 4.78. The minimum absolute atomic E-state index is 0.693. The smallest absolute Gasteiger partial charge is 0.173 e. The topological polar surface area (TPSA) is 31.6 Å². The maximum absolute atomic E-state index is 5.72. The Morgan fingerprint density at radius 3 is 2.65 bits per heavy atom. The molecular weight excluding hydrogens is 342 g/mol. The first-order chi connectivity index (χ1) is 12.7. The van der Waals surface area contributed by atoms with Crippen LogP contribution in [0.3, 0.4) is 0 Å². The summed E-state index contributed by atoms with van der Waals surface area (Å²) in [6, 6.07) is 12.3. The third kappa shape index (κ3) is 5.85. The molecule has 1 aliphatic heterocycles. The molecule has 0 saturated carbocycles. The number of benzene rings is 1. The van der Waals surface area contributed by atoms with Crippen molar-refractivity contribution in [2.45, 2.75) is 39.2 Å². The SMILES string of the molecule is Cc1cccc(NC(=S)N(CCN2CCCCCC2)Cc2ccco2)c1. The van der Waals surface area contributed by atoms with E-state index in [9.17, 15) is 0 Å². The van der Waals surface area contributed by atoms with Gasteiger partial charge >= 0.3 is 0 Å². The normalized spacial score (nSPS) is 15.4. The lowest BCUT2D eigenvalue weighted by atomic mass is 10.2. The van der Waals surface area contributed by atoms with E-state index in [1.165, 1.54) is 44.3 Å². The average molecular weight is 372 g/mol. The summed E-state index contributed by atoms with van der Waals surface area (Å²) in [6.07, 6.45) is 7.06. The summed E-state index contributed by atoms with van der Waals surface area (Å²) in [5.74, 6) is 0.939. The van der Waals surface area contributed by atoms with Crippen molar-refractivity contribution < 1.29 is 4.42 Å². The molecule has 1 N–H and O–H groups in total. The highest BCUT2D eigenvalue weighted by Crippen LogP contribution is 2.14. The van der Waals surface area contributed by atoms with Crippen LogP contribution >= 0.6 is 12.2 Å². The first-order valence-electron chi connectivity index (χ1n) is 9.58. The molecule has 0 atom stereocenters. The van der Waals surface area contributed by atoms with E-state index in [1.54, 1.807) is 6.26 Å². The molecule has 1 saturated heterocycles. The third-order valence-electron chi connectivity index (χ3n) is 4.87. The Kier molecular flexibility index (Phi) is 7.09. The second-order valence-corrected chi connectivity index (χ2v) is 7.44. The van der Waals surface area contributed by atoms with Crippen LogP contribution < -0.4 is 5.32 Å². The van der Waals surface area contributed by atoms with Crippen molar-refractivity contribution in [1.29, 1.82) is 0 Å². The van der Waals surface area contributed by atoms with Crippen molar-refractivity contribution >= 4 is 23.0 Å². The molecule has 1 aromatic carbocycles. The Hall–Kier alpha value is -1.85. The summed E-state index contributed by atoms with van der Waals surface area (Å²) in [6.45, 7) is 7.13. The van der Waals surface area contributed by atoms with Gasteiger partial charge in [0.25, 0.3) is 0 Å². The van der Waals surface area contributed by atoms with Crippen LogP contribution in [-0.4, -0.2) is 41.1 Å². The van der Waals surface area contributed by atoms with Crippen LogP contribution in [0.4, 0.5) is 5.69 Å². The molecule has 0 radical (unpaired) electrons. The fourth-order valence-corrected chi connectivity index (χ4v) is 3.66. The molecule has 4 nitrogen and oxygen atoms in total. The van der Waals surface area contributed by atoms with E-state index in [-0.39, 0.29) is 0 Å². The first-order valence-corrected chi connectivity index (χ1v) is 9.99. The standard InChI is InChI=1S/C21H29N3OS/c1-18-8-6-9-19(16-18)22-21(26)24(17-20-10-7-15-25-20)14-13-23-11-4-2-3-5-12-23/h6-10,15-16H,2-5,11-14,17H2,1H3,(H,22,26). The second kappa shape index (κ2) is 9.74. The monoisotopic (exact) mass is 371 g/mol. The van der Waals surface area contributed by atoms with Gasteiger partial charge in [0.2, 0.25) is 0 Å². The zero-order valence-electron chi connectivity index (χ0n) is 15.6. The van der Waals surface area contributed by atoms with Crippen LogP contribution in [0, 0.1) is 6.92 Å².